The third kappa shape index (κ3) is 2.01. The fraction of sp³-hybridized carbons (Fsp3) is 0.636. The molecule has 0 spiro atoms. The molecule has 0 aliphatic carbocycles. The first-order valence-electron chi connectivity index (χ1n) is 5.59. The molecule has 5 heteroatoms. The van der Waals surface area contributed by atoms with E-state index in [0.717, 1.165) is 29.9 Å². The molecule has 0 saturated carbocycles. The topological polar surface area (TPSA) is 73.1 Å². The average Bonchev–Trinajstić information content (AvgIpc) is 2.69. The highest BCUT2D eigenvalue weighted by Gasteiger charge is 2.26. The van der Waals surface area contributed by atoms with Gasteiger partial charge in [0.25, 0.3) is 0 Å². The van der Waals surface area contributed by atoms with E-state index in [2.05, 4.69) is 22.3 Å². The first-order valence-corrected chi connectivity index (χ1v) is 5.59. The van der Waals surface area contributed by atoms with Crippen LogP contribution >= 0.6 is 0 Å². The molecule has 1 fully saturated rings. The van der Waals surface area contributed by atoms with Crippen molar-refractivity contribution < 1.29 is 4.74 Å². The molecule has 1 aliphatic heterocycles. The van der Waals surface area contributed by atoms with Gasteiger partial charge in [0.05, 0.1) is 6.10 Å². The van der Waals surface area contributed by atoms with Crippen LogP contribution in [0.1, 0.15) is 43.0 Å². The van der Waals surface area contributed by atoms with Crippen LogP contribution in [0, 0.1) is 13.8 Å². The Bertz CT molecular complexity index is 394. The van der Waals surface area contributed by atoms with E-state index in [-0.39, 0.29) is 6.10 Å². The summed E-state index contributed by atoms with van der Waals surface area (Å²) in [7, 11) is 0. The van der Waals surface area contributed by atoms with Crippen molar-refractivity contribution in [2.75, 3.05) is 5.43 Å². The molecule has 3 N–H and O–H groups in total. The summed E-state index contributed by atoms with van der Waals surface area (Å²) in [4.78, 5) is 8.86. The summed E-state index contributed by atoms with van der Waals surface area (Å²) in [6.07, 6.45) is 2.35. The van der Waals surface area contributed by atoms with E-state index in [4.69, 9.17) is 10.6 Å². The molecule has 5 nitrogen and oxygen atoms in total. The van der Waals surface area contributed by atoms with Crippen LogP contribution in [0.5, 0.6) is 0 Å². The Labute approximate surface area is 95.4 Å². The van der Waals surface area contributed by atoms with Gasteiger partial charge in [-0.25, -0.2) is 15.8 Å². The number of hydrazine groups is 1. The number of hydrogen-bond donors (Lipinski definition) is 2. The lowest BCUT2D eigenvalue weighted by Crippen LogP contribution is -2.15. The number of nitrogen functional groups attached to an aromatic ring is 1. The van der Waals surface area contributed by atoms with Gasteiger partial charge in [0, 0.05) is 11.3 Å². The molecule has 88 valence electrons. The van der Waals surface area contributed by atoms with Crippen molar-refractivity contribution in [3.63, 3.8) is 0 Å². The van der Waals surface area contributed by atoms with Crippen molar-refractivity contribution in [1.82, 2.24) is 9.97 Å². The summed E-state index contributed by atoms with van der Waals surface area (Å²) >= 11 is 0. The highest BCUT2D eigenvalue weighted by molar-refractivity contribution is 5.44. The molecule has 1 aromatic rings. The van der Waals surface area contributed by atoms with Crippen molar-refractivity contribution in [2.24, 2.45) is 5.84 Å². The summed E-state index contributed by atoms with van der Waals surface area (Å²) in [6.45, 7) is 5.98. The molecule has 2 rings (SSSR count). The normalized spacial score (nSPS) is 24.8. The third-order valence-electron chi connectivity index (χ3n) is 3.06. The van der Waals surface area contributed by atoms with Crippen molar-refractivity contribution >= 4 is 5.82 Å². The lowest BCUT2D eigenvalue weighted by atomic mass is 10.2. The first kappa shape index (κ1) is 11.3. The Morgan fingerprint density at radius 2 is 2.06 bits per heavy atom. The quantitative estimate of drug-likeness (QED) is 0.587. The Balaban J connectivity index is 2.31. The zero-order valence-electron chi connectivity index (χ0n) is 9.95. The van der Waals surface area contributed by atoms with Crippen molar-refractivity contribution in [2.45, 2.75) is 45.8 Å². The molecular formula is C11H18N4O. The largest absolute Gasteiger partial charge is 0.367 e. The van der Waals surface area contributed by atoms with E-state index in [1.807, 2.05) is 13.8 Å². The van der Waals surface area contributed by atoms with Gasteiger partial charge < -0.3 is 10.2 Å². The van der Waals surface area contributed by atoms with E-state index in [9.17, 15) is 0 Å². The Morgan fingerprint density at radius 1 is 1.31 bits per heavy atom. The van der Waals surface area contributed by atoms with Gasteiger partial charge in [-0.1, -0.05) is 0 Å². The standard InChI is InChI=1S/C11H18N4O/c1-6-4-5-9(16-6)11-13-8(3)7(2)10(14-11)15-12/h6,9H,4-5,12H2,1-3H3,(H,13,14,15). The van der Waals surface area contributed by atoms with Crippen molar-refractivity contribution in [1.29, 1.82) is 0 Å². The van der Waals surface area contributed by atoms with Crippen LogP contribution in [0.2, 0.25) is 0 Å². The SMILES string of the molecule is Cc1nc(C2CCC(C)O2)nc(NN)c1C. The van der Waals surface area contributed by atoms with Gasteiger partial charge in [0.2, 0.25) is 0 Å². The van der Waals surface area contributed by atoms with Gasteiger partial charge in [0.15, 0.2) is 5.82 Å². The molecule has 1 saturated heterocycles. The van der Waals surface area contributed by atoms with Crippen molar-refractivity contribution in [3.05, 3.63) is 17.1 Å². The highest BCUT2D eigenvalue weighted by Crippen LogP contribution is 2.31. The summed E-state index contributed by atoms with van der Waals surface area (Å²) in [6, 6.07) is 0. The lowest BCUT2D eigenvalue weighted by Gasteiger charge is -2.13. The Morgan fingerprint density at radius 3 is 2.62 bits per heavy atom. The number of nitrogens with zero attached hydrogens (tertiary/aromatic N) is 2. The zero-order valence-corrected chi connectivity index (χ0v) is 9.95. The highest BCUT2D eigenvalue weighted by atomic mass is 16.5. The molecule has 0 amide bonds. The van der Waals surface area contributed by atoms with E-state index in [1.165, 1.54) is 0 Å². The van der Waals surface area contributed by atoms with Crippen LogP contribution in [-0.2, 0) is 4.74 Å². The maximum absolute atomic E-state index is 5.75. The fourth-order valence-corrected chi connectivity index (χ4v) is 1.93. The fourth-order valence-electron chi connectivity index (χ4n) is 1.93. The number of rotatable bonds is 2. The van der Waals surface area contributed by atoms with E-state index >= 15 is 0 Å². The van der Waals surface area contributed by atoms with Gasteiger partial charge in [-0.2, -0.15) is 0 Å². The number of ether oxygens (including phenoxy) is 1. The maximum atomic E-state index is 5.75. The molecule has 2 atom stereocenters. The average molecular weight is 222 g/mol. The predicted octanol–water partition coefficient (Wildman–Crippen LogP) is 1.62. The zero-order chi connectivity index (χ0) is 11.7. The third-order valence-corrected chi connectivity index (χ3v) is 3.06. The Kier molecular flexibility index (Phi) is 3.07. The van der Waals surface area contributed by atoms with Crippen LogP contribution < -0.4 is 11.3 Å². The monoisotopic (exact) mass is 222 g/mol. The minimum absolute atomic E-state index is 0.0152. The van der Waals surface area contributed by atoms with Gasteiger partial charge in [-0.05, 0) is 33.6 Å². The van der Waals surface area contributed by atoms with E-state index in [0.29, 0.717) is 11.9 Å². The summed E-state index contributed by atoms with van der Waals surface area (Å²) in [5.41, 5.74) is 4.53. The molecule has 0 bridgehead atoms. The number of anilines is 1. The molecule has 2 unspecified atom stereocenters. The number of hydrogen-bond acceptors (Lipinski definition) is 5. The minimum Gasteiger partial charge on any atom is -0.367 e. The first-order chi connectivity index (χ1) is 7.61. The summed E-state index contributed by atoms with van der Waals surface area (Å²) in [5.74, 6) is 6.86. The second kappa shape index (κ2) is 4.35. The van der Waals surface area contributed by atoms with Gasteiger partial charge in [-0.3, -0.25) is 0 Å². The van der Waals surface area contributed by atoms with Gasteiger partial charge in [-0.15, -0.1) is 0 Å². The predicted molar refractivity (Wildman–Crippen MR) is 61.8 cm³/mol. The van der Waals surface area contributed by atoms with Gasteiger partial charge in [0.1, 0.15) is 11.9 Å². The van der Waals surface area contributed by atoms with Crippen LogP contribution in [0.3, 0.4) is 0 Å². The molecule has 0 radical (unpaired) electrons. The number of aryl methyl sites for hydroxylation is 1. The molecule has 2 heterocycles. The van der Waals surface area contributed by atoms with Gasteiger partial charge >= 0.3 is 0 Å². The van der Waals surface area contributed by atoms with Crippen LogP contribution in [-0.4, -0.2) is 16.1 Å². The molecular weight excluding hydrogens is 204 g/mol. The Hall–Kier alpha value is -1.20. The number of aromatic nitrogens is 2. The molecule has 0 aromatic carbocycles. The lowest BCUT2D eigenvalue weighted by molar-refractivity contribution is 0.0502. The second-order valence-electron chi connectivity index (χ2n) is 4.30. The molecule has 1 aromatic heterocycles. The molecule has 1 aliphatic rings. The van der Waals surface area contributed by atoms with Crippen LogP contribution in [0.25, 0.3) is 0 Å². The van der Waals surface area contributed by atoms with E-state index < -0.39 is 0 Å². The smallest absolute Gasteiger partial charge is 0.159 e. The number of nitrogens with one attached hydrogen (secondary N) is 1. The molecule has 16 heavy (non-hydrogen) atoms. The van der Waals surface area contributed by atoms with Crippen molar-refractivity contribution in [3.8, 4) is 0 Å². The maximum Gasteiger partial charge on any atom is 0.159 e. The number of nitrogens with two attached hydrogens (primary N) is 1. The minimum atomic E-state index is 0.0152. The van der Waals surface area contributed by atoms with E-state index in [1.54, 1.807) is 0 Å². The summed E-state index contributed by atoms with van der Waals surface area (Å²) < 4.78 is 5.75. The second-order valence-corrected chi connectivity index (χ2v) is 4.30. The van der Waals surface area contributed by atoms with Crippen LogP contribution in [0.4, 0.5) is 5.82 Å². The summed E-state index contributed by atoms with van der Waals surface area (Å²) in [5, 5.41) is 0. The van der Waals surface area contributed by atoms with Crippen LogP contribution in [0.15, 0.2) is 0 Å².